The fourth-order valence-electron chi connectivity index (χ4n) is 8.43. The van der Waals surface area contributed by atoms with Gasteiger partial charge in [-0.1, -0.05) is 37.4 Å². The summed E-state index contributed by atoms with van der Waals surface area (Å²) >= 11 is 0. The van der Waals surface area contributed by atoms with Gasteiger partial charge < -0.3 is 75.0 Å². The van der Waals surface area contributed by atoms with Gasteiger partial charge in [0.25, 0.3) is 5.65 Å². The number of terminal acetylenes is 1. The monoisotopic (exact) mass is 1130 g/mol. The molecule has 11 N–H and O–H groups in total. The number of carbonyl (C=O) groups excluding carboxylic acids is 4. The number of aliphatic carboxylic acids is 1. The Balaban J connectivity index is 0.0000101. The van der Waals surface area contributed by atoms with Crippen molar-refractivity contribution in [1.29, 1.82) is 0 Å². The van der Waals surface area contributed by atoms with E-state index in [-0.39, 0.29) is 132 Å². The summed E-state index contributed by atoms with van der Waals surface area (Å²) in [6, 6.07) is 11.1. The SMILES string of the molecule is C.C#Cc1cccc(Nc2nc[n+](Cc3ccc(O[C@@H]4O[C@H](C(=O)O)[C@@H](O)[C@H](O)[C@H]4O)c(NC(=O)CCNC(=O)CCOCCOCCOCCN4C(=O)CC(C)C4=O)c3)c3c2ncn3[C@@H]2O[C@H](COS(N)(=O)=O)[C@@H](O)[C@H]2O)c1. The van der Waals surface area contributed by atoms with Crippen LogP contribution in [0.25, 0.3) is 11.2 Å². The van der Waals surface area contributed by atoms with Gasteiger partial charge in [0.05, 0.1) is 65.0 Å². The van der Waals surface area contributed by atoms with Crippen molar-refractivity contribution < 1.29 is 100 Å². The van der Waals surface area contributed by atoms with E-state index in [4.69, 9.17) is 40.0 Å². The van der Waals surface area contributed by atoms with E-state index < -0.39 is 89.9 Å². The van der Waals surface area contributed by atoms with Crippen molar-refractivity contribution in [3.63, 3.8) is 0 Å². The van der Waals surface area contributed by atoms with E-state index in [1.165, 1.54) is 40.3 Å². The molecule has 29 nitrogen and oxygen atoms in total. The minimum absolute atomic E-state index is 0. The van der Waals surface area contributed by atoms with Gasteiger partial charge >= 0.3 is 16.3 Å². The van der Waals surface area contributed by atoms with Crippen LogP contribution in [0.2, 0.25) is 0 Å². The van der Waals surface area contributed by atoms with Crippen LogP contribution in [0.15, 0.2) is 55.1 Å². The number of rotatable bonds is 27. The Morgan fingerprint density at radius 3 is 2.30 bits per heavy atom. The second-order valence-electron chi connectivity index (χ2n) is 18.1. The quantitative estimate of drug-likeness (QED) is 0.0128. The lowest BCUT2D eigenvalue weighted by Gasteiger charge is -2.38. The van der Waals surface area contributed by atoms with E-state index in [1.807, 2.05) is 0 Å². The molecule has 2 aromatic heterocycles. The average Bonchev–Trinajstić information content (AvgIpc) is 4.29. The van der Waals surface area contributed by atoms with E-state index in [1.54, 1.807) is 35.8 Å². The van der Waals surface area contributed by atoms with Crippen LogP contribution in [-0.4, -0.2) is 196 Å². The summed E-state index contributed by atoms with van der Waals surface area (Å²) in [6.07, 6.45) is -7.80. The van der Waals surface area contributed by atoms with Crippen LogP contribution in [0.3, 0.4) is 0 Å². The van der Waals surface area contributed by atoms with E-state index in [0.717, 1.165) is 0 Å². The van der Waals surface area contributed by atoms with Gasteiger partial charge in [-0.05, 0) is 35.9 Å². The molecule has 30 heteroatoms. The summed E-state index contributed by atoms with van der Waals surface area (Å²) in [5.41, 5.74) is 1.84. The molecule has 0 aliphatic carbocycles. The molecule has 5 heterocycles. The number of imidazole rings is 1. The summed E-state index contributed by atoms with van der Waals surface area (Å²) in [7, 11) is -4.46. The molecule has 0 saturated carbocycles. The van der Waals surface area contributed by atoms with Crippen LogP contribution in [-0.2, 0) is 68.7 Å². The van der Waals surface area contributed by atoms with Crippen LogP contribution in [0.1, 0.15) is 51.0 Å². The van der Waals surface area contributed by atoms with Crippen molar-refractivity contribution in [2.24, 2.45) is 11.1 Å². The molecule has 3 saturated heterocycles. The smallest absolute Gasteiger partial charge is 0.335 e. The zero-order valence-corrected chi connectivity index (χ0v) is 42.7. The van der Waals surface area contributed by atoms with Crippen LogP contribution in [0.4, 0.5) is 17.2 Å². The number of nitrogens with zero attached hydrogens (tertiary/aromatic N) is 5. The summed E-state index contributed by atoms with van der Waals surface area (Å²) in [5.74, 6) is -0.937. The van der Waals surface area contributed by atoms with Gasteiger partial charge in [0.15, 0.2) is 17.9 Å². The predicted molar refractivity (Wildman–Crippen MR) is 271 cm³/mol. The topological polar surface area (TPSA) is 405 Å². The fourth-order valence-corrected chi connectivity index (χ4v) is 8.76. The van der Waals surface area contributed by atoms with Crippen molar-refractivity contribution in [3.8, 4) is 18.1 Å². The molecule has 430 valence electrons. The molecule has 4 aromatic rings. The number of carboxylic acids is 1. The maximum absolute atomic E-state index is 13.5. The highest BCUT2D eigenvalue weighted by Crippen LogP contribution is 2.35. The van der Waals surface area contributed by atoms with E-state index in [2.05, 4.69) is 36.0 Å². The number of anilines is 3. The zero-order valence-electron chi connectivity index (χ0n) is 41.9. The number of likely N-dealkylation sites (tertiary alicyclic amines) is 1. The molecule has 0 spiro atoms. The number of amides is 4. The van der Waals surface area contributed by atoms with Gasteiger partial charge in [-0.2, -0.15) is 8.42 Å². The lowest BCUT2D eigenvalue weighted by molar-refractivity contribution is -0.668. The molecule has 0 bridgehead atoms. The highest BCUT2D eigenvalue weighted by atomic mass is 32.2. The number of benzene rings is 2. The summed E-state index contributed by atoms with van der Waals surface area (Å²) < 4.78 is 64.2. The second-order valence-corrected chi connectivity index (χ2v) is 19.3. The number of aliphatic hydroxyl groups is 5. The molecule has 3 aliphatic heterocycles. The molecule has 0 radical (unpaired) electrons. The Labute approximate surface area is 452 Å². The number of aromatic nitrogens is 4. The Hall–Kier alpha value is -6.83. The van der Waals surface area contributed by atoms with Gasteiger partial charge in [-0.25, -0.2) is 24.1 Å². The molecule has 10 atom stereocenters. The summed E-state index contributed by atoms with van der Waals surface area (Å²) in [5, 5.41) is 76.8. The van der Waals surface area contributed by atoms with Gasteiger partial charge in [-0.15, -0.1) is 6.42 Å². The molecular formula is C49H64N9O20S+. The molecule has 7 rings (SSSR count). The number of hydrogen-bond acceptors (Lipinski definition) is 22. The number of nitrogens with one attached hydrogen (secondary N) is 3. The lowest BCUT2D eigenvalue weighted by atomic mass is 9.99. The molecule has 3 fully saturated rings. The zero-order chi connectivity index (χ0) is 56.3. The number of ether oxygens (including phenoxy) is 6. The second kappa shape index (κ2) is 27.9. The lowest BCUT2D eigenvalue weighted by Crippen LogP contribution is -2.61. The first-order chi connectivity index (χ1) is 37.2. The van der Waals surface area contributed by atoms with E-state index >= 15 is 0 Å². The van der Waals surface area contributed by atoms with Crippen LogP contribution in [0.5, 0.6) is 5.75 Å². The highest BCUT2D eigenvalue weighted by molar-refractivity contribution is 7.84. The Morgan fingerprint density at radius 2 is 1.62 bits per heavy atom. The van der Waals surface area contributed by atoms with E-state index in [0.29, 0.717) is 16.8 Å². The van der Waals surface area contributed by atoms with Gasteiger partial charge in [-0.3, -0.25) is 28.3 Å². The van der Waals surface area contributed by atoms with Crippen LogP contribution < -0.4 is 30.4 Å². The number of carbonyl (C=O) groups is 5. The van der Waals surface area contributed by atoms with Gasteiger partial charge in [0.1, 0.15) is 42.4 Å². The van der Waals surface area contributed by atoms with Crippen LogP contribution >= 0.6 is 0 Å². The average molecular weight is 1130 g/mol. The largest absolute Gasteiger partial charge is 0.479 e. The molecule has 1 unspecified atom stereocenters. The van der Waals surface area contributed by atoms with E-state index in [9.17, 15) is 63.0 Å². The maximum atomic E-state index is 13.5. The Kier molecular flexibility index (Phi) is 21.6. The molecule has 79 heavy (non-hydrogen) atoms. The van der Waals surface area contributed by atoms with Crippen molar-refractivity contribution in [2.75, 3.05) is 70.0 Å². The van der Waals surface area contributed by atoms with Crippen molar-refractivity contribution in [2.45, 2.75) is 95.4 Å². The van der Waals surface area contributed by atoms with Crippen molar-refractivity contribution in [3.05, 3.63) is 66.2 Å². The fraction of sp³-hybridized carbons (Fsp3) is 0.510. The minimum atomic E-state index is -4.46. The highest BCUT2D eigenvalue weighted by Gasteiger charge is 2.49. The molecule has 4 amide bonds. The predicted octanol–water partition coefficient (Wildman–Crippen LogP) is -2.48. The number of fused-ring (bicyclic) bond motifs is 1. The molecular weight excluding hydrogens is 1070 g/mol. The summed E-state index contributed by atoms with van der Waals surface area (Å²) in [4.78, 5) is 72.2. The number of carboxylic acid groups (broad SMARTS) is 1. The normalized spacial score (nSPS) is 24.0. The third-order valence-corrected chi connectivity index (χ3v) is 12.9. The van der Waals surface area contributed by atoms with Crippen LogP contribution in [0, 0.1) is 18.3 Å². The number of nitrogens with two attached hydrogens (primary N) is 1. The first kappa shape index (κ1) is 61.4. The van der Waals surface area contributed by atoms with Gasteiger partial charge in [0.2, 0.25) is 48.3 Å². The maximum Gasteiger partial charge on any atom is 0.335 e. The first-order valence-corrected chi connectivity index (χ1v) is 25.8. The third-order valence-electron chi connectivity index (χ3n) is 12.4. The Morgan fingerprint density at radius 1 is 0.899 bits per heavy atom. The summed E-state index contributed by atoms with van der Waals surface area (Å²) in [6.45, 7) is 1.98. The number of aliphatic hydroxyl groups excluding tert-OH is 5. The molecule has 3 aliphatic rings. The minimum Gasteiger partial charge on any atom is -0.479 e. The van der Waals surface area contributed by atoms with Crippen molar-refractivity contribution in [1.82, 2.24) is 24.8 Å². The third kappa shape index (κ3) is 15.9. The number of imide groups is 1. The first-order valence-electron chi connectivity index (χ1n) is 24.4. The van der Waals surface area contributed by atoms with Gasteiger partial charge in [0, 0.05) is 43.0 Å². The standard InChI is InChI=1S/C48H59N9O20S.CH4/c1-3-27-5-4-6-29(20-27)53-43-36-44(57(25-51-36)46-40(64)37(61)32(75-46)23-74-78(49,69)70)55(24-52-43)22-28-7-8-31(76-48-41(65)38(62)39(63)42(77-48)47(67)68)30(21-28)54-34(59)9-11-50-33(58)10-13-71-15-17-73-18-16-72-14-12-56-35(60)19-26(2)45(56)66;/h1,4-8,20-21,24-26,32,37-42,46,48,61-65H,9-19,22-23H2,2H3,(H5,49,50,54,58,59,67,68,69,70);1H4/p+1/t26?,32-,37-,38+,39+,40-,41-,42+,46-,48-;/m1./s1. The van der Waals surface area contributed by atoms with Crippen molar-refractivity contribution >= 4 is 68.3 Å². The molecule has 2 aromatic carbocycles. The number of hydrogen-bond donors (Lipinski definition) is 10. The Bertz CT molecular complexity index is 2960.